The third-order valence-corrected chi connectivity index (χ3v) is 7.05. The maximum absolute atomic E-state index is 12.4. The maximum Gasteiger partial charge on any atom is 0.139 e. The van der Waals surface area contributed by atoms with Crippen LogP contribution in [0.3, 0.4) is 0 Å². The summed E-state index contributed by atoms with van der Waals surface area (Å²) < 4.78 is 0. The zero-order valence-corrected chi connectivity index (χ0v) is 14.0. The fourth-order valence-corrected chi connectivity index (χ4v) is 5.78. The molecule has 1 aromatic carbocycles. The van der Waals surface area contributed by atoms with Crippen molar-refractivity contribution in [3.8, 4) is 0 Å². The van der Waals surface area contributed by atoms with E-state index in [-0.39, 0.29) is 5.41 Å². The van der Waals surface area contributed by atoms with Crippen molar-refractivity contribution in [1.82, 2.24) is 0 Å². The van der Waals surface area contributed by atoms with Crippen molar-refractivity contribution < 1.29 is 4.79 Å². The second-order valence-corrected chi connectivity index (χ2v) is 7.95. The van der Waals surface area contributed by atoms with Crippen LogP contribution in [0.1, 0.15) is 61.6 Å². The summed E-state index contributed by atoms with van der Waals surface area (Å²) in [6, 6.07) is 4.80. The normalized spacial score (nSPS) is 36.5. The van der Waals surface area contributed by atoms with Crippen molar-refractivity contribution in [2.75, 3.05) is 12.4 Å². The second-order valence-electron chi connectivity index (χ2n) is 7.95. The molecule has 2 saturated carbocycles. The van der Waals surface area contributed by atoms with Gasteiger partial charge in [-0.05, 0) is 79.5 Å². The lowest BCUT2D eigenvalue weighted by molar-refractivity contribution is -0.129. The van der Waals surface area contributed by atoms with Crippen LogP contribution in [0, 0.1) is 24.2 Å². The van der Waals surface area contributed by atoms with Crippen LogP contribution < -0.4 is 5.32 Å². The van der Waals surface area contributed by atoms with Crippen molar-refractivity contribution in [3.05, 3.63) is 28.8 Å². The van der Waals surface area contributed by atoms with Crippen molar-refractivity contribution in [2.24, 2.45) is 17.3 Å². The first-order chi connectivity index (χ1) is 10.5. The lowest BCUT2D eigenvalue weighted by Crippen LogP contribution is -2.42. The fourth-order valence-electron chi connectivity index (χ4n) is 5.78. The summed E-state index contributed by atoms with van der Waals surface area (Å²) in [5.41, 5.74) is 5.76. The van der Waals surface area contributed by atoms with Crippen LogP contribution in [0.5, 0.6) is 0 Å². The lowest BCUT2D eigenvalue weighted by Gasteiger charge is -2.48. The summed E-state index contributed by atoms with van der Waals surface area (Å²) in [6.45, 7) is 4.46. The molecule has 0 saturated heterocycles. The smallest absolute Gasteiger partial charge is 0.139 e. The van der Waals surface area contributed by atoms with Gasteiger partial charge in [0.25, 0.3) is 0 Å². The summed E-state index contributed by atoms with van der Waals surface area (Å²) >= 11 is 0. The number of nitrogens with one attached hydrogen (secondary N) is 1. The minimum atomic E-state index is -0.00476. The van der Waals surface area contributed by atoms with Crippen LogP contribution in [0.2, 0.25) is 0 Å². The number of Topliss-reactive ketones (excluding diaryl/α,β-unsaturated/α-hetero) is 1. The minimum absolute atomic E-state index is 0.00476. The van der Waals surface area contributed by atoms with E-state index in [9.17, 15) is 4.79 Å². The van der Waals surface area contributed by atoms with E-state index in [0.717, 1.165) is 25.2 Å². The van der Waals surface area contributed by atoms with Gasteiger partial charge in [-0.15, -0.1) is 0 Å². The van der Waals surface area contributed by atoms with Crippen molar-refractivity contribution in [2.45, 2.75) is 58.3 Å². The maximum atomic E-state index is 12.4. The number of hydrogen-bond acceptors (Lipinski definition) is 2. The molecule has 0 aliphatic heterocycles. The average molecular weight is 297 g/mol. The highest BCUT2D eigenvalue weighted by Gasteiger charge is 2.54. The Balaban J connectivity index is 1.74. The van der Waals surface area contributed by atoms with Crippen molar-refractivity contribution >= 4 is 11.5 Å². The van der Waals surface area contributed by atoms with Crippen LogP contribution in [0.4, 0.5) is 5.69 Å². The molecule has 4 rings (SSSR count). The minimum Gasteiger partial charge on any atom is -0.388 e. The van der Waals surface area contributed by atoms with E-state index in [1.54, 1.807) is 11.1 Å². The number of aryl methyl sites for hydroxylation is 2. The summed E-state index contributed by atoms with van der Waals surface area (Å²) in [5, 5.41) is 3.35. The van der Waals surface area contributed by atoms with Crippen LogP contribution in [0.15, 0.2) is 12.1 Å². The third kappa shape index (κ3) is 1.82. The van der Waals surface area contributed by atoms with Gasteiger partial charge in [-0.3, -0.25) is 4.79 Å². The Morgan fingerprint density at radius 2 is 2.00 bits per heavy atom. The van der Waals surface area contributed by atoms with Gasteiger partial charge in [0.1, 0.15) is 5.78 Å². The fraction of sp³-hybridized carbons (Fsp3) is 0.650. The van der Waals surface area contributed by atoms with Crippen LogP contribution >= 0.6 is 0 Å². The number of fused-ring (bicyclic) bond motifs is 5. The van der Waals surface area contributed by atoms with E-state index in [1.807, 2.05) is 7.05 Å². The standard InChI is InChI=1S/C20H27NO/c1-12-10-13-4-5-15-14(16(13)11-18(12)21-3)8-9-20(2)17(15)6-7-19(20)22/h10-11,14-15,17,21H,4-9H2,1-3H3. The SMILES string of the molecule is CNc1cc2c(cc1C)CCC1C2CCC2(C)C(=O)CCC12. The Labute approximate surface area is 133 Å². The van der Waals surface area contributed by atoms with E-state index < -0.39 is 0 Å². The highest BCUT2D eigenvalue weighted by Crippen LogP contribution is 2.59. The number of anilines is 1. The number of benzene rings is 1. The molecule has 0 radical (unpaired) electrons. The molecule has 2 nitrogen and oxygen atoms in total. The molecule has 118 valence electrons. The molecular formula is C20H27NO. The van der Waals surface area contributed by atoms with E-state index in [1.165, 1.54) is 30.5 Å². The molecule has 2 fully saturated rings. The number of carbonyl (C=O) groups excluding carboxylic acids is 1. The van der Waals surface area contributed by atoms with Crippen LogP contribution in [0.25, 0.3) is 0 Å². The molecule has 0 bridgehead atoms. The molecule has 0 spiro atoms. The Hall–Kier alpha value is -1.31. The molecule has 3 aliphatic rings. The third-order valence-electron chi connectivity index (χ3n) is 7.05. The first kappa shape index (κ1) is 14.3. The largest absolute Gasteiger partial charge is 0.388 e. The molecule has 0 amide bonds. The molecule has 22 heavy (non-hydrogen) atoms. The van der Waals surface area contributed by atoms with Gasteiger partial charge in [0.05, 0.1) is 0 Å². The topological polar surface area (TPSA) is 29.1 Å². The van der Waals surface area contributed by atoms with Gasteiger partial charge in [0.2, 0.25) is 0 Å². The van der Waals surface area contributed by atoms with Gasteiger partial charge in [0, 0.05) is 24.6 Å². The van der Waals surface area contributed by atoms with Gasteiger partial charge in [-0.25, -0.2) is 0 Å². The monoisotopic (exact) mass is 297 g/mol. The molecule has 4 unspecified atom stereocenters. The summed E-state index contributed by atoms with van der Waals surface area (Å²) in [7, 11) is 2.02. The molecule has 1 aromatic rings. The molecule has 3 aliphatic carbocycles. The van der Waals surface area contributed by atoms with E-state index in [4.69, 9.17) is 0 Å². The first-order valence-corrected chi connectivity index (χ1v) is 8.89. The average Bonchev–Trinajstić information content (AvgIpc) is 2.82. The van der Waals surface area contributed by atoms with Gasteiger partial charge in [-0.2, -0.15) is 0 Å². The van der Waals surface area contributed by atoms with Gasteiger partial charge >= 0.3 is 0 Å². The zero-order chi connectivity index (χ0) is 15.5. The Morgan fingerprint density at radius 1 is 1.18 bits per heavy atom. The summed E-state index contributed by atoms with van der Waals surface area (Å²) in [6.07, 6.45) is 6.73. The van der Waals surface area contributed by atoms with E-state index >= 15 is 0 Å². The van der Waals surface area contributed by atoms with Gasteiger partial charge < -0.3 is 5.32 Å². The van der Waals surface area contributed by atoms with Crippen molar-refractivity contribution in [1.29, 1.82) is 0 Å². The number of rotatable bonds is 1. The highest BCUT2D eigenvalue weighted by atomic mass is 16.1. The summed E-state index contributed by atoms with van der Waals surface area (Å²) in [5.74, 6) is 2.58. The molecule has 0 heterocycles. The van der Waals surface area contributed by atoms with Crippen LogP contribution in [-0.4, -0.2) is 12.8 Å². The van der Waals surface area contributed by atoms with Gasteiger partial charge in [0.15, 0.2) is 0 Å². The first-order valence-electron chi connectivity index (χ1n) is 8.89. The molecular weight excluding hydrogens is 270 g/mol. The quantitative estimate of drug-likeness (QED) is 0.829. The zero-order valence-electron chi connectivity index (χ0n) is 14.0. The Kier molecular flexibility index (Phi) is 3.15. The molecule has 0 aromatic heterocycles. The lowest BCUT2D eigenvalue weighted by atomic mass is 9.55. The molecule has 4 atom stereocenters. The number of ketones is 1. The predicted molar refractivity (Wildman–Crippen MR) is 90.3 cm³/mol. The molecule has 2 heteroatoms. The van der Waals surface area contributed by atoms with Gasteiger partial charge in [-0.1, -0.05) is 13.0 Å². The highest BCUT2D eigenvalue weighted by molar-refractivity contribution is 5.87. The van der Waals surface area contributed by atoms with Crippen LogP contribution in [-0.2, 0) is 11.2 Å². The molecule has 1 N–H and O–H groups in total. The number of hydrogen-bond donors (Lipinski definition) is 1. The summed E-state index contributed by atoms with van der Waals surface area (Å²) in [4.78, 5) is 12.4. The second kappa shape index (κ2) is 4.84. The van der Waals surface area contributed by atoms with Crippen molar-refractivity contribution in [3.63, 3.8) is 0 Å². The van der Waals surface area contributed by atoms with E-state index in [2.05, 4.69) is 31.3 Å². The predicted octanol–water partition coefficient (Wildman–Crippen LogP) is 4.46. The Morgan fingerprint density at radius 3 is 2.77 bits per heavy atom. The number of carbonyl (C=O) groups is 1. The van der Waals surface area contributed by atoms with E-state index in [0.29, 0.717) is 17.6 Å². The Bertz CT molecular complexity index is 635.